The standard InChI is InChI=1S/C10H13N3O2/c1-10(9(14)15,7-2-3-7)13-8-6-11-4-5-12-8/h4-7H,2-3H2,1H3,(H,12,13)(H,14,15). The van der Waals surface area contributed by atoms with E-state index >= 15 is 0 Å². The highest BCUT2D eigenvalue weighted by molar-refractivity contribution is 5.82. The molecule has 0 aromatic carbocycles. The molecule has 2 N–H and O–H groups in total. The van der Waals surface area contributed by atoms with E-state index in [9.17, 15) is 9.90 Å². The van der Waals surface area contributed by atoms with Crippen LogP contribution in [0.3, 0.4) is 0 Å². The summed E-state index contributed by atoms with van der Waals surface area (Å²) < 4.78 is 0. The van der Waals surface area contributed by atoms with Gasteiger partial charge in [-0.25, -0.2) is 9.78 Å². The highest BCUT2D eigenvalue weighted by Gasteiger charge is 2.47. The van der Waals surface area contributed by atoms with Gasteiger partial charge in [-0.3, -0.25) is 4.98 Å². The predicted octanol–water partition coefficient (Wildman–Crippen LogP) is 1.14. The smallest absolute Gasteiger partial charge is 0.329 e. The number of nitrogens with one attached hydrogen (secondary N) is 1. The van der Waals surface area contributed by atoms with Crippen molar-refractivity contribution >= 4 is 11.8 Å². The molecule has 1 atom stereocenters. The molecule has 80 valence electrons. The molecule has 0 amide bonds. The minimum Gasteiger partial charge on any atom is -0.480 e. The largest absolute Gasteiger partial charge is 0.480 e. The Hall–Kier alpha value is -1.65. The topological polar surface area (TPSA) is 75.1 Å². The lowest BCUT2D eigenvalue weighted by Crippen LogP contribution is -2.45. The fourth-order valence-corrected chi connectivity index (χ4v) is 1.62. The van der Waals surface area contributed by atoms with Crippen LogP contribution in [0.4, 0.5) is 5.82 Å². The van der Waals surface area contributed by atoms with Gasteiger partial charge in [0, 0.05) is 12.4 Å². The zero-order valence-electron chi connectivity index (χ0n) is 8.47. The van der Waals surface area contributed by atoms with Crippen LogP contribution in [0.15, 0.2) is 18.6 Å². The van der Waals surface area contributed by atoms with E-state index in [1.165, 1.54) is 12.4 Å². The molecular weight excluding hydrogens is 194 g/mol. The maximum absolute atomic E-state index is 11.2. The van der Waals surface area contributed by atoms with E-state index in [-0.39, 0.29) is 5.92 Å². The van der Waals surface area contributed by atoms with Crippen LogP contribution >= 0.6 is 0 Å². The average molecular weight is 207 g/mol. The first-order chi connectivity index (χ1) is 7.13. The molecule has 0 bridgehead atoms. The number of carboxylic acid groups (broad SMARTS) is 1. The lowest BCUT2D eigenvalue weighted by molar-refractivity contribution is -0.142. The SMILES string of the molecule is CC(Nc1cnccn1)(C(=O)O)C1CC1. The Balaban J connectivity index is 2.17. The number of carboxylic acids is 1. The summed E-state index contributed by atoms with van der Waals surface area (Å²) in [7, 11) is 0. The molecule has 0 radical (unpaired) electrons. The fraction of sp³-hybridized carbons (Fsp3) is 0.500. The highest BCUT2D eigenvalue weighted by Crippen LogP contribution is 2.41. The van der Waals surface area contributed by atoms with E-state index < -0.39 is 11.5 Å². The number of anilines is 1. The van der Waals surface area contributed by atoms with Gasteiger partial charge in [0.2, 0.25) is 0 Å². The van der Waals surface area contributed by atoms with Crippen LogP contribution in [0, 0.1) is 5.92 Å². The molecule has 5 nitrogen and oxygen atoms in total. The molecule has 2 rings (SSSR count). The van der Waals surface area contributed by atoms with E-state index in [1.54, 1.807) is 13.1 Å². The van der Waals surface area contributed by atoms with Gasteiger partial charge >= 0.3 is 5.97 Å². The van der Waals surface area contributed by atoms with Gasteiger partial charge < -0.3 is 10.4 Å². The second kappa shape index (κ2) is 3.49. The van der Waals surface area contributed by atoms with Gasteiger partial charge in [-0.05, 0) is 25.7 Å². The molecule has 1 fully saturated rings. The Morgan fingerprint density at radius 3 is 2.80 bits per heavy atom. The van der Waals surface area contributed by atoms with Crippen LogP contribution in [0.2, 0.25) is 0 Å². The molecule has 1 aromatic heterocycles. The Labute approximate surface area is 87.6 Å². The summed E-state index contributed by atoms with van der Waals surface area (Å²) in [6.07, 6.45) is 6.54. The number of aliphatic carboxylic acids is 1. The summed E-state index contributed by atoms with van der Waals surface area (Å²) in [4.78, 5) is 19.1. The number of hydrogen-bond donors (Lipinski definition) is 2. The summed E-state index contributed by atoms with van der Waals surface area (Å²) in [6.45, 7) is 1.70. The van der Waals surface area contributed by atoms with Crippen molar-refractivity contribution in [1.29, 1.82) is 0 Å². The lowest BCUT2D eigenvalue weighted by atomic mass is 9.96. The van der Waals surface area contributed by atoms with Crippen LogP contribution in [0.5, 0.6) is 0 Å². The van der Waals surface area contributed by atoms with Crippen molar-refractivity contribution in [3.05, 3.63) is 18.6 Å². The second-order valence-corrected chi connectivity index (χ2v) is 4.00. The maximum Gasteiger partial charge on any atom is 0.329 e. The molecule has 1 aliphatic rings. The lowest BCUT2D eigenvalue weighted by Gasteiger charge is -2.26. The minimum absolute atomic E-state index is 0.192. The summed E-state index contributed by atoms with van der Waals surface area (Å²) in [5.74, 6) is -0.137. The van der Waals surface area contributed by atoms with Gasteiger partial charge in [-0.2, -0.15) is 0 Å². The molecule has 1 unspecified atom stereocenters. The van der Waals surface area contributed by atoms with Crippen LogP contribution in [0.25, 0.3) is 0 Å². The highest BCUT2D eigenvalue weighted by atomic mass is 16.4. The first-order valence-corrected chi connectivity index (χ1v) is 4.90. The molecule has 1 saturated carbocycles. The number of carbonyl (C=O) groups is 1. The van der Waals surface area contributed by atoms with E-state index in [0.717, 1.165) is 12.8 Å². The quantitative estimate of drug-likeness (QED) is 0.774. The van der Waals surface area contributed by atoms with Gasteiger partial charge in [0.25, 0.3) is 0 Å². The molecule has 0 aliphatic heterocycles. The first-order valence-electron chi connectivity index (χ1n) is 4.90. The molecule has 0 saturated heterocycles. The zero-order valence-corrected chi connectivity index (χ0v) is 8.47. The van der Waals surface area contributed by atoms with Gasteiger partial charge in [0.05, 0.1) is 6.20 Å². The Morgan fingerprint density at radius 1 is 1.60 bits per heavy atom. The number of nitrogens with zero attached hydrogens (tertiary/aromatic N) is 2. The third kappa shape index (κ3) is 1.91. The number of rotatable bonds is 4. The van der Waals surface area contributed by atoms with Crippen LogP contribution in [-0.4, -0.2) is 26.6 Å². The van der Waals surface area contributed by atoms with Crippen LogP contribution in [0.1, 0.15) is 19.8 Å². The van der Waals surface area contributed by atoms with E-state index in [1.807, 2.05) is 0 Å². The summed E-state index contributed by atoms with van der Waals surface area (Å²) in [5, 5.41) is 12.1. The Bertz CT molecular complexity index is 364. The third-order valence-corrected chi connectivity index (χ3v) is 2.79. The van der Waals surface area contributed by atoms with E-state index in [2.05, 4.69) is 15.3 Å². The third-order valence-electron chi connectivity index (χ3n) is 2.79. The molecule has 5 heteroatoms. The van der Waals surface area contributed by atoms with E-state index in [4.69, 9.17) is 0 Å². The second-order valence-electron chi connectivity index (χ2n) is 4.00. The first kappa shape index (κ1) is 9.89. The van der Waals surface area contributed by atoms with Crippen molar-refractivity contribution in [2.24, 2.45) is 5.92 Å². The number of aromatic nitrogens is 2. The maximum atomic E-state index is 11.2. The van der Waals surface area contributed by atoms with Gasteiger partial charge in [-0.15, -0.1) is 0 Å². The molecular formula is C10H13N3O2. The van der Waals surface area contributed by atoms with Gasteiger partial charge in [0.1, 0.15) is 11.4 Å². The van der Waals surface area contributed by atoms with Gasteiger partial charge in [-0.1, -0.05) is 0 Å². The summed E-state index contributed by atoms with van der Waals surface area (Å²) >= 11 is 0. The van der Waals surface area contributed by atoms with Crippen LogP contribution in [-0.2, 0) is 4.79 Å². The molecule has 1 heterocycles. The van der Waals surface area contributed by atoms with E-state index in [0.29, 0.717) is 5.82 Å². The average Bonchev–Trinajstić information content (AvgIpc) is 3.02. The van der Waals surface area contributed by atoms with Crippen molar-refractivity contribution in [2.75, 3.05) is 5.32 Å². The van der Waals surface area contributed by atoms with Gasteiger partial charge in [0.15, 0.2) is 0 Å². The summed E-state index contributed by atoms with van der Waals surface area (Å²) in [5.41, 5.74) is -0.921. The van der Waals surface area contributed by atoms with Crippen molar-refractivity contribution in [1.82, 2.24) is 9.97 Å². The van der Waals surface area contributed by atoms with Crippen molar-refractivity contribution in [2.45, 2.75) is 25.3 Å². The van der Waals surface area contributed by atoms with Crippen molar-refractivity contribution in [3.63, 3.8) is 0 Å². The normalized spacial score (nSPS) is 19.3. The Kier molecular flexibility index (Phi) is 2.30. The molecule has 1 aromatic rings. The zero-order chi connectivity index (χ0) is 10.9. The number of hydrogen-bond acceptors (Lipinski definition) is 4. The molecule has 15 heavy (non-hydrogen) atoms. The fourth-order valence-electron chi connectivity index (χ4n) is 1.62. The Morgan fingerprint density at radius 2 is 2.33 bits per heavy atom. The molecule has 0 spiro atoms. The predicted molar refractivity (Wildman–Crippen MR) is 54.4 cm³/mol. The van der Waals surface area contributed by atoms with Crippen LogP contribution < -0.4 is 5.32 Å². The minimum atomic E-state index is -0.921. The molecule has 1 aliphatic carbocycles. The van der Waals surface area contributed by atoms with Crippen molar-refractivity contribution < 1.29 is 9.90 Å². The van der Waals surface area contributed by atoms with Crippen molar-refractivity contribution in [3.8, 4) is 0 Å². The monoisotopic (exact) mass is 207 g/mol. The summed E-state index contributed by atoms with van der Waals surface area (Å²) in [6, 6.07) is 0.